The van der Waals surface area contributed by atoms with Gasteiger partial charge in [-0.15, -0.1) is 0 Å². The number of hydrogen-bond acceptors (Lipinski definition) is 4. The van der Waals surface area contributed by atoms with Crippen LogP contribution < -0.4 is 21.3 Å². The summed E-state index contributed by atoms with van der Waals surface area (Å²) >= 11 is 5.87. The lowest BCUT2D eigenvalue weighted by atomic mass is 10.1. The topological polar surface area (TPSA) is 99.3 Å². The van der Waals surface area contributed by atoms with Gasteiger partial charge in [-0.2, -0.15) is 0 Å². The van der Waals surface area contributed by atoms with Crippen LogP contribution in [-0.4, -0.2) is 31.3 Å². The molecule has 8 heteroatoms. The highest BCUT2D eigenvalue weighted by Gasteiger charge is 2.12. The van der Waals surface area contributed by atoms with Crippen molar-refractivity contribution >= 4 is 46.4 Å². The molecule has 0 saturated carbocycles. The number of carbonyl (C=O) groups excluding carboxylic acids is 3. The average Bonchev–Trinajstić information content (AvgIpc) is 2.79. The van der Waals surface area contributed by atoms with E-state index >= 15 is 0 Å². The Labute approximate surface area is 184 Å². The summed E-state index contributed by atoms with van der Waals surface area (Å²) in [5.74, 6) is -0.802. The number of anilines is 3. The zero-order chi connectivity index (χ0) is 22.2. The van der Waals surface area contributed by atoms with Crippen LogP contribution in [0.15, 0.2) is 72.8 Å². The molecule has 0 unspecified atom stereocenters. The second kappa shape index (κ2) is 10.3. The van der Waals surface area contributed by atoms with Crippen LogP contribution >= 0.6 is 11.6 Å². The summed E-state index contributed by atoms with van der Waals surface area (Å²) in [6.07, 6.45) is 0. The first kappa shape index (κ1) is 21.9. The maximum absolute atomic E-state index is 12.6. The van der Waals surface area contributed by atoms with Gasteiger partial charge in [0, 0.05) is 34.7 Å². The maximum atomic E-state index is 12.6. The minimum Gasteiger partial charge on any atom is -0.376 e. The molecule has 3 rings (SSSR count). The number of nitrogens with one attached hydrogen (secondary N) is 4. The Morgan fingerprint density at radius 3 is 2.06 bits per heavy atom. The molecule has 3 aromatic rings. The normalized spacial score (nSPS) is 10.1. The minimum absolute atomic E-state index is 0.0393. The first-order chi connectivity index (χ1) is 15.0. The molecule has 0 fully saturated rings. The fourth-order valence-electron chi connectivity index (χ4n) is 2.80. The van der Waals surface area contributed by atoms with E-state index in [4.69, 9.17) is 11.6 Å². The first-order valence-corrected chi connectivity index (χ1v) is 9.86. The first-order valence-electron chi connectivity index (χ1n) is 9.48. The molecular formula is C23H21ClN4O3. The lowest BCUT2D eigenvalue weighted by Crippen LogP contribution is -2.23. The van der Waals surface area contributed by atoms with E-state index in [-0.39, 0.29) is 24.3 Å². The van der Waals surface area contributed by atoms with Crippen molar-refractivity contribution in [3.63, 3.8) is 0 Å². The van der Waals surface area contributed by atoms with Gasteiger partial charge >= 0.3 is 0 Å². The number of hydrogen-bond donors (Lipinski definition) is 4. The van der Waals surface area contributed by atoms with Crippen LogP contribution in [0.5, 0.6) is 0 Å². The number of carbonyl (C=O) groups is 3. The lowest BCUT2D eigenvalue weighted by molar-refractivity contribution is -0.114. The average molecular weight is 437 g/mol. The van der Waals surface area contributed by atoms with E-state index in [1.807, 2.05) is 0 Å². The SMILES string of the molecule is CNC(=O)c1ccc(NC(=O)CNc2ccccc2C(=O)Nc2ccc(Cl)cc2)cc1. The van der Waals surface area contributed by atoms with E-state index in [0.717, 1.165) is 0 Å². The molecule has 3 aromatic carbocycles. The van der Waals surface area contributed by atoms with E-state index < -0.39 is 0 Å². The molecule has 4 N–H and O–H groups in total. The van der Waals surface area contributed by atoms with Crippen molar-refractivity contribution in [3.8, 4) is 0 Å². The van der Waals surface area contributed by atoms with Crippen molar-refractivity contribution in [2.24, 2.45) is 0 Å². The number of benzene rings is 3. The van der Waals surface area contributed by atoms with E-state index in [9.17, 15) is 14.4 Å². The molecule has 0 atom stereocenters. The third-order valence-corrected chi connectivity index (χ3v) is 4.62. The molecule has 7 nitrogen and oxygen atoms in total. The predicted octanol–water partition coefficient (Wildman–Crippen LogP) is 4.00. The summed E-state index contributed by atoms with van der Waals surface area (Å²) in [6.45, 7) is -0.0393. The van der Waals surface area contributed by atoms with E-state index in [0.29, 0.717) is 33.2 Å². The maximum Gasteiger partial charge on any atom is 0.257 e. The summed E-state index contributed by atoms with van der Waals surface area (Å²) in [5, 5.41) is 11.7. The third-order valence-electron chi connectivity index (χ3n) is 4.37. The number of halogens is 1. The zero-order valence-corrected chi connectivity index (χ0v) is 17.5. The Morgan fingerprint density at radius 1 is 0.774 bits per heavy atom. The summed E-state index contributed by atoms with van der Waals surface area (Å²) in [5.41, 5.74) is 2.61. The Morgan fingerprint density at radius 2 is 1.39 bits per heavy atom. The van der Waals surface area contributed by atoms with Gasteiger partial charge in [0.15, 0.2) is 0 Å². The van der Waals surface area contributed by atoms with Crippen LogP contribution in [0.2, 0.25) is 5.02 Å². The van der Waals surface area contributed by atoms with Crippen LogP contribution in [0.25, 0.3) is 0 Å². The number of para-hydroxylation sites is 1. The monoisotopic (exact) mass is 436 g/mol. The number of rotatable bonds is 7. The van der Waals surface area contributed by atoms with Gasteiger partial charge in [-0.1, -0.05) is 23.7 Å². The summed E-state index contributed by atoms with van der Waals surface area (Å²) in [6, 6.07) is 20.2. The quantitative estimate of drug-likeness (QED) is 0.449. The van der Waals surface area contributed by atoms with Gasteiger partial charge in [0.1, 0.15) is 0 Å². The van der Waals surface area contributed by atoms with E-state index in [1.165, 1.54) is 0 Å². The summed E-state index contributed by atoms with van der Waals surface area (Å²) in [7, 11) is 1.55. The van der Waals surface area contributed by atoms with Crippen LogP contribution in [0.1, 0.15) is 20.7 Å². The molecule has 0 saturated heterocycles. The molecule has 31 heavy (non-hydrogen) atoms. The van der Waals surface area contributed by atoms with Crippen molar-refractivity contribution in [3.05, 3.63) is 88.9 Å². The molecule has 158 valence electrons. The Balaban J connectivity index is 1.60. The molecule has 0 spiro atoms. The highest BCUT2D eigenvalue weighted by atomic mass is 35.5. The van der Waals surface area contributed by atoms with E-state index in [2.05, 4.69) is 21.3 Å². The molecule has 0 aliphatic heterocycles. The predicted molar refractivity (Wildman–Crippen MR) is 123 cm³/mol. The molecule has 0 radical (unpaired) electrons. The Bertz CT molecular complexity index is 1080. The van der Waals surface area contributed by atoms with Crippen molar-refractivity contribution < 1.29 is 14.4 Å². The van der Waals surface area contributed by atoms with Gasteiger partial charge in [0.2, 0.25) is 5.91 Å². The van der Waals surface area contributed by atoms with Gasteiger partial charge < -0.3 is 21.3 Å². The van der Waals surface area contributed by atoms with Crippen LogP contribution in [0.3, 0.4) is 0 Å². The molecule has 0 bridgehead atoms. The van der Waals surface area contributed by atoms with Crippen molar-refractivity contribution in [2.45, 2.75) is 0 Å². The van der Waals surface area contributed by atoms with Gasteiger partial charge in [-0.05, 0) is 60.7 Å². The molecule has 0 aliphatic rings. The second-order valence-electron chi connectivity index (χ2n) is 6.56. The summed E-state index contributed by atoms with van der Waals surface area (Å²) < 4.78 is 0. The highest BCUT2D eigenvalue weighted by Crippen LogP contribution is 2.19. The van der Waals surface area contributed by atoms with Crippen LogP contribution in [0.4, 0.5) is 17.1 Å². The molecular weight excluding hydrogens is 416 g/mol. The molecule has 0 aromatic heterocycles. The largest absolute Gasteiger partial charge is 0.376 e. The summed E-state index contributed by atoms with van der Waals surface area (Å²) in [4.78, 5) is 36.5. The standard InChI is InChI=1S/C23H21ClN4O3/c1-25-22(30)15-6-10-17(11-7-15)27-21(29)14-26-20-5-3-2-4-19(20)23(31)28-18-12-8-16(24)9-13-18/h2-13,26H,14H2,1H3,(H,25,30)(H,27,29)(H,28,31). The van der Waals surface area contributed by atoms with Gasteiger partial charge in [0.05, 0.1) is 12.1 Å². The second-order valence-corrected chi connectivity index (χ2v) is 7.00. The molecule has 0 heterocycles. The fourth-order valence-corrected chi connectivity index (χ4v) is 2.92. The van der Waals surface area contributed by atoms with Crippen molar-refractivity contribution in [1.82, 2.24) is 5.32 Å². The van der Waals surface area contributed by atoms with Gasteiger partial charge in [-0.25, -0.2) is 0 Å². The smallest absolute Gasteiger partial charge is 0.257 e. The molecule has 0 aliphatic carbocycles. The zero-order valence-electron chi connectivity index (χ0n) is 16.7. The minimum atomic E-state index is -0.310. The highest BCUT2D eigenvalue weighted by molar-refractivity contribution is 6.30. The lowest BCUT2D eigenvalue weighted by Gasteiger charge is -2.13. The van der Waals surface area contributed by atoms with Crippen LogP contribution in [-0.2, 0) is 4.79 Å². The Kier molecular flexibility index (Phi) is 7.24. The Hall–Kier alpha value is -3.84. The van der Waals surface area contributed by atoms with Gasteiger partial charge in [-0.3, -0.25) is 14.4 Å². The van der Waals surface area contributed by atoms with Crippen molar-refractivity contribution in [1.29, 1.82) is 0 Å². The van der Waals surface area contributed by atoms with Crippen molar-refractivity contribution in [2.75, 3.05) is 29.5 Å². The van der Waals surface area contributed by atoms with Gasteiger partial charge in [0.25, 0.3) is 11.8 Å². The van der Waals surface area contributed by atoms with Crippen LogP contribution in [0, 0.1) is 0 Å². The molecule has 3 amide bonds. The third kappa shape index (κ3) is 6.07. The number of amides is 3. The van der Waals surface area contributed by atoms with E-state index in [1.54, 1.807) is 79.8 Å². The fraction of sp³-hybridized carbons (Fsp3) is 0.0870.